The maximum Gasteiger partial charge on any atom is 0.337 e. The average molecular weight is 433 g/mol. The summed E-state index contributed by atoms with van der Waals surface area (Å²) in [6.45, 7) is 0. The summed E-state index contributed by atoms with van der Waals surface area (Å²) < 4.78 is 37.8. The summed E-state index contributed by atoms with van der Waals surface area (Å²) in [5.41, 5.74) is 3.53. The van der Waals surface area contributed by atoms with Crippen LogP contribution >= 0.6 is 0 Å². The molecule has 1 aliphatic rings. The number of hydrogen-bond acceptors (Lipinski definition) is 8. The highest BCUT2D eigenvalue weighted by Gasteiger charge is 2.50. The third kappa shape index (κ3) is 3.83. The van der Waals surface area contributed by atoms with E-state index in [0.29, 0.717) is 0 Å². The maximum absolute atomic E-state index is 13.0. The highest BCUT2D eigenvalue weighted by Crippen LogP contribution is 2.38. The molecule has 12 heteroatoms. The zero-order chi connectivity index (χ0) is 23.0. The molecule has 2 aromatic carbocycles. The highest BCUT2D eigenvalue weighted by atomic mass is 32.2. The van der Waals surface area contributed by atoms with E-state index in [2.05, 4.69) is 4.74 Å². The standard InChI is InChI=1S/C19H14B3NO7S/c1-28-17(25)11-6-5-9-13(10-11)18(20)15(24)14(16(23)29-18)30-31(26,27)19(21,22)12-7-3-2-4-8-12/h2-10H,23H2,1H3/t18-/m1/s1. The molecule has 6 radical (unpaired) electrons. The number of esters is 1. The minimum absolute atomic E-state index is 0.00493. The van der Waals surface area contributed by atoms with E-state index >= 15 is 0 Å². The first-order chi connectivity index (χ1) is 14.4. The summed E-state index contributed by atoms with van der Waals surface area (Å²) in [6, 6.07) is 12.9. The van der Waals surface area contributed by atoms with Crippen molar-refractivity contribution in [2.45, 2.75) is 10.0 Å². The summed E-state index contributed by atoms with van der Waals surface area (Å²) in [5, 5.41) is 0. The van der Waals surface area contributed by atoms with Crippen LogP contribution in [0, 0.1) is 0 Å². The molecule has 0 aromatic heterocycles. The molecule has 0 bridgehead atoms. The Morgan fingerprint density at radius 2 is 1.77 bits per heavy atom. The number of hydrogen-bond donors (Lipinski definition) is 1. The van der Waals surface area contributed by atoms with Crippen molar-refractivity contribution in [3.05, 3.63) is 82.9 Å². The number of benzene rings is 2. The van der Waals surface area contributed by atoms with Crippen LogP contribution in [0.5, 0.6) is 0 Å². The van der Waals surface area contributed by atoms with Gasteiger partial charge in [-0.15, -0.1) is 0 Å². The van der Waals surface area contributed by atoms with Crippen LogP contribution in [-0.2, 0) is 38.6 Å². The van der Waals surface area contributed by atoms with Gasteiger partial charge >= 0.3 is 16.1 Å². The lowest BCUT2D eigenvalue weighted by Crippen LogP contribution is -2.40. The summed E-state index contributed by atoms with van der Waals surface area (Å²) in [7, 11) is 14.0. The molecule has 8 nitrogen and oxygen atoms in total. The van der Waals surface area contributed by atoms with Gasteiger partial charge in [0, 0.05) is 0 Å². The zero-order valence-electron chi connectivity index (χ0n) is 16.3. The lowest BCUT2D eigenvalue weighted by atomic mass is 9.65. The van der Waals surface area contributed by atoms with E-state index in [1.54, 1.807) is 6.07 Å². The molecule has 0 unspecified atom stereocenters. The van der Waals surface area contributed by atoms with E-state index in [4.69, 9.17) is 38.2 Å². The molecular weight excluding hydrogens is 419 g/mol. The predicted octanol–water partition coefficient (Wildman–Crippen LogP) is 0.0155. The quantitative estimate of drug-likeness (QED) is 0.385. The van der Waals surface area contributed by atoms with Crippen LogP contribution < -0.4 is 5.73 Å². The fourth-order valence-corrected chi connectivity index (χ4v) is 3.77. The van der Waals surface area contributed by atoms with Gasteiger partial charge in [-0.1, -0.05) is 42.5 Å². The van der Waals surface area contributed by atoms with Gasteiger partial charge in [0.2, 0.25) is 17.4 Å². The smallest absolute Gasteiger partial charge is 0.337 e. The first kappa shape index (κ1) is 22.5. The third-order valence-corrected chi connectivity index (χ3v) is 6.03. The van der Waals surface area contributed by atoms with Gasteiger partial charge in [0.15, 0.2) is 5.50 Å². The van der Waals surface area contributed by atoms with E-state index in [9.17, 15) is 18.0 Å². The molecule has 0 saturated heterocycles. The van der Waals surface area contributed by atoms with Gasteiger partial charge in [-0.25, -0.2) is 4.79 Å². The SMILES string of the molecule is [B]C([B])(c1ccccc1)S(=O)(=O)OC1=C(N)O[C@]([B])(c2cccc(C(=O)OC)c2)C1=O. The van der Waals surface area contributed by atoms with Crippen molar-refractivity contribution in [3.63, 3.8) is 0 Å². The van der Waals surface area contributed by atoms with E-state index in [1.807, 2.05) is 0 Å². The molecule has 0 saturated carbocycles. The number of carbonyl (C=O) groups is 2. The largest absolute Gasteiger partial charge is 0.467 e. The topological polar surface area (TPSA) is 122 Å². The number of carbonyl (C=O) groups excluding carboxylic acids is 2. The molecule has 0 aliphatic carbocycles. The Hall–Kier alpha value is -3.14. The molecule has 2 N–H and O–H groups in total. The van der Waals surface area contributed by atoms with Crippen molar-refractivity contribution in [3.8, 4) is 0 Å². The van der Waals surface area contributed by atoms with E-state index in [0.717, 1.165) is 0 Å². The molecule has 2 aromatic rings. The van der Waals surface area contributed by atoms with Gasteiger partial charge in [-0.05, 0) is 23.3 Å². The van der Waals surface area contributed by atoms with Crippen LogP contribution in [0.15, 0.2) is 66.2 Å². The van der Waals surface area contributed by atoms with Gasteiger partial charge in [-0.2, -0.15) is 8.42 Å². The van der Waals surface area contributed by atoms with E-state index < -0.39 is 43.6 Å². The minimum atomic E-state index is -4.83. The molecule has 1 atom stereocenters. The average Bonchev–Trinajstić information content (AvgIpc) is 2.97. The van der Waals surface area contributed by atoms with Crippen molar-refractivity contribution in [2.75, 3.05) is 7.11 Å². The van der Waals surface area contributed by atoms with Crippen LogP contribution in [0.25, 0.3) is 0 Å². The van der Waals surface area contributed by atoms with Gasteiger partial charge in [0.1, 0.15) is 7.85 Å². The molecule has 3 rings (SSSR count). The second-order valence-electron chi connectivity index (χ2n) is 6.63. The number of Topliss-reactive ketones (excluding diaryl/α,β-unsaturated/α-hetero) is 1. The second kappa shape index (κ2) is 7.84. The minimum Gasteiger partial charge on any atom is -0.467 e. The van der Waals surface area contributed by atoms with Crippen LogP contribution in [0.4, 0.5) is 0 Å². The van der Waals surface area contributed by atoms with Gasteiger partial charge in [0.25, 0.3) is 0 Å². The Morgan fingerprint density at radius 3 is 2.39 bits per heavy atom. The van der Waals surface area contributed by atoms with E-state index in [1.165, 1.54) is 55.6 Å². The normalized spacial score (nSPS) is 19.1. The van der Waals surface area contributed by atoms with Crippen LogP contribution in [0.1, 0.15) is 21.5 Å². The lowest BCUT2D eigenvalue weighted by molar-refractivity contribution is -0.126. The molecule has 0 fully saturated rings. The van der Waals surface area contributed by atoms with Crippen molar-refractivity contribution in [1.82, 2.24) is 0 Å². The van der Waals surface area contributed by atoms with E-state index in [-0.39, 0.29) is 16.7 Å². The number of ether oxygens (including phenoxy) is 2. The Kier molecular flexibility index (Phi) is 5.71. The molecule has 31 heavy (non-hydrogen) atoms. The fraction of sp³-hybridized carbons (Fsp3) is 0.158. The maximum atomic E-state index is 13.0. The third-order valence-electron chi connectivity index (χ3n) is 4.58. The molecular formula is C19H14B3NO7S. The molecule has 1 aliphatic heterocycles. The van der Waals surface area contributed by atoms with Crippen LogP contribution in [-0.4, -0.2) is 50.8 Å². The summed E-state index contributed by atoms with van der Waals surface area (Å²) >= 11 is 0. The highest BCUT2D eigenvalue weighted by molar-refractivity contribution is 7.90. The van der Waals surface area contributed by atoms with Gasteiger partial charge < -0.3 is 19.4 Å². The predicted molar refractivity (Wildman–Crippen MR) is 112 cm³/mol. The Bertz CT molecular complexity index is 1180. The van der Waals surface area contributed by atoms with Crippen molar-refractivity contribution < 1.29 is 31.7 Å². The molecule has 152 valence electrons. The van der Waals surface area contributed by atoms with Crippen molar-refractivity contribution in [2.24, 2.45) is 5.73 Å². The first-order valence-electron chi connectivity index (χ1n) is 8.72. The fourth-order valence-electron chi connectivity index (χ4n) is 2.83. The molecule has 0 spiro atoms. The Morgan fingerprint density at radius 1 is 1.13 bits per heavy atom. The summed E-state index contributed by atoms with van der Waals surface area (Å²) in [4.78, 5) is 24.7. The van der Waals surface area contributed by atoms with Crippen molar-refractivity contribution >= 4 is 45.4 Å². The molecule has 0 amide bonds. The first-order valence-corrected chi connectivity index (χ1v) is 10.1. The monoisotopic (exact) mass is 433 g/mol. The second-order valence-corrected chi connectivity index (χ2v) is 8.38. The summed E-state index contributed by atoms with van der Waals surface area (Å²) in [6.07, 6.45) is 0. The number of methoxy groups -OCH3 is 1. The van der Waals surface area contributed by atoms with Crippen LogP contribution in [0.2, 0.25) is 0 Å². The van der Waals surface area contributed by atoms with Crippen LogP contribution in [0.3, 0.4) is 0 Å². The van der Waals surface area contributed by atoms with Crippen molar-refractivity contribution in [1.29, 1.82) is 0 Å². The number of nitrogens with two attached hydrogens (primary N) is 1. The summed E-state index contributed by atoms with van der Waals surface area (Å²) in [5.74, 6) is -3.38. The van der Waals surface area contributed by atoms with Gasteiger partial charge in [-0.3, -0.25) is 4.79 Å². The zero-order valence-corrected chi connectivity index (χ0v) is 17.1. The molecule has 1 heterocycles. The Balaban J connectivity index is 1.94. The Labute approximate surface area is 183 Å². The number of rotatable bonds is 6. The van der Waals surface area contributed by atoms with Gasteiger partial charge in [0.05, 0.1) is 32.9 Å². The number of ketones is 1. The lowest BCUT2D eigenvalue weighted by Gasteiger charge is -2.26.